The fourth-order valence-electron chi connectivity index (χ4n) is 2.92. The standard InChI is InChI=1S/C14H27N3O/c18-14(13-6-5-7-15-12-13)16-8-11-17-9-3-1-2-4-10-17/h13,15H,1-12H2,(H,16,18)/t13-/m1/s1. The van der Waals surface area contributed by atoms with E-state index in [4.69, 9.17) is 0 Å². The Morgan fingerprint density at radius 1 is 1.17 bits per heavy atom. The summed E-state index contributed by atoms with van der Waals surface area (Å²) in [6, 6.07) is 0. The van der Waals surface area contributed by atoms with Crippen molar-refractivity contribution in [1.29, 1.82) is 0 Å². The molecular formula is C14H27N3O. The Hall–Kier alpha value is -0.610. The molecule has 0 saturated carbocycles. The number of hydrogen-bond acceptors (Lipinski definition) is 3. The Bertz CT molecular complexity index is 243. The largest absolute Gasteiger partial charge is 0.355 e. The predicted molar refractivity (Wildman–Crippen MR) is 73.5 cm³/mol. The average molecular weight is 253 g/mol. The zero-order valence-corrected chi connectivity index (χ0v) is 11.4. The monoisotopic (exact) mass is 253 g/mol. The van der Waals surface area contributed by atoms with Crippen LogP contribution in [0, 0.1) is 5.92 Å². The number of likely N-dealkylation sites (tertiary alicyclic amines) is 1. The Morgan fingerprint density at radius 3 is 2.61 bits per heavy atom. The Kier molecular flexibility index (Phi) is 5.94. The maximum atomic E-state index is 11.9. The second-order valence-corrected chi connectivity index (χ2v) is 5.59. The summed E-state index contributed by atoms with van der Waals surface area (Å²) in [6.45, 7) is 6.18. The number of nitrogens with zero attached hydrogens (tertiary/aromatic N) is 1. The van der Waals surface area contributed by atoms with Gasteiger partial charge in [0.25, 0.3) is 0 Å². The van der Waals surface area contributed by atoms with Crippen LogP contribution >= 0.6 is 0 Å². The molecule has 0 aliphatic carbocycles. The first-order chi connectivity index (χ1) is 8.86. The summed E-state index contributed by atoms with van der Waals surface area (Å²) >= 11 is 0. The van der Waals surface area contributed by atoms with Crippen molar-refractivity contribution >= 4 is 5.91 Å². The van der Waals surface area contributed by atoms with Gasteiger partial charge < -0.3 is 15.5 Å². The third kappa shape index (κ3) is 4.58. The fraction of sp³-hybridized carbons (Fsp3) is 0.929. The molecule has 0 radical (unpaired) electrons. The summed E-state index contributed by atoms with van der Waals surface area (Å²) in [5.41, 5.74) is 0. The van der Waals surface area contributed by atoms with E-state index < -0.39 is 0 Å². The highest BCUT2D eigenvalue weighted by molar-refractivity contribution is 5.78. The minimum Gasteiger partial charge on any atom is -0.355 e. The van der Waals surface area contributed by atoms with Gasteiger partial charge in [0, 0.05) is 19.6 Å². The van der Waals surface area contributed by atoms with Gasteiger partial charge in [-0.25, -0.2) is 0 Å². The van der Waals surface area contributed by atoms with E-state index in [0.717, 1.165) is 39.0 Å². The molecule has 0 unspecified atom stereocenters. The molecule has 4 nitrogen and oxygen atoms in total. The van der Waals surface area contributed by atoms with E-state index in [1.54, 1.807) is 0 Å². The summed E-state index contributed by atoms with van der Waals surface area (Å²) in [5.74, 6) is 0.444. The molecule has 2 fully saturated rings. The van der Waals surface area contributed by atoms with Crippen molar-refractivity contribution in [2.75, 3.05) is 39.3 Å². The maximum absolute atomic E-state index is 11.9. The van der Waals surface area contributed by atoms with Crippen molar-refractivity contribution in [2.24, 2.45) is 5.92 Å². The minimum absolute atomic E-state index is 0.197. The van der Waals surface area contributed by atoms with Gasteiger partial charge in [0.05, 0.1) is 5.92 Å². The summed E-state index contributed by atoms with van der Waals surface area (Å²) in [7, 11) is 0. The van der Waals surface area contributed by atoms with Crippen molar-refractivity contribution in [3.63, 3.8) is 0 Å². The SMILES string of the molecule is O=C(NCCN1CCCCCC1)[C@@H]1CCCNC1. The summed E-state index contributed by atoms with van der Waals surface area (Å²) in [5, 5.41) is 6.39. The van der Waals surface area contributed by atoms with E-state index >= 15 is 0 Å². The molecule has 0 spiro atoms. The molecule has 0 bridgehead atoms. The summed E-state index contributed by atoms with van der Waals surface area (Å²) < 4.78 is 0. The molecule has 2 aliphatic heterocycles. The van der Waals surface area contributed by atoms with E-state index in [2.05, 4.69) is 15.5 Å². The molecule has 2 saturated heterocycles. The highest BCUT2D eigenvalue weighted by atomic mass is 16.1. The Balaban J connectivity index is 1.60. The van der Waals surface area contributed by atoms with Gasteiger partial charge in [-0.15, -0.1) is 0 Å². The molecule has 0 aromatic carbocycles. The molecule has 1 amide bonds. The van der Waals surface area contributed by atoms with Crippen LogP contribution in [-0.4, -0.2) is 50.1 Å². The highest BCUT2D eigenvalue weighted by Crippen LogP contribution is 2.10. The molecule has 2 N–H and O–H groups in total. The second kappa shape index (κ2) is 7.74. The van der Waals surface area contributed by atoms with Gasteiger partial charge >= 0.3 is 0 Å². The molecule has 4 heteroatoms. The lowest BCUT2D eigenvalue weighted by molar-refractivity contribution is -0.125. The molecular weight excluding hydrogens is 226 g/mol. The van der Waals surface area contributed by atoms with Crippen LogP contribution < -0.4 is 10.6 Å². The summed E-state index contributed by atoms with van der Waals surface area (Å²) in [6.07, 6.45) is 7.56. The third-order valence-electron chi connectivity index (χ3n) is 4.09. The molecule has 0 aromatic heterocycles. The van der Waals surface area contributed by atoms with Crippen LogP contribution in [0.25, 0.3) is 0 Å². The molecule has 1 atom stereocenters. The Morgan fingerprint density at radius 2 is 1.94 bits per heavy atom. The van der Waals surface area contributed by atoms with Crippen LogP contribution in [-0.2, 0) is 4.79 Å². The van der Waals surface area contributed by atoms with Gasteiger partial charge in [0.15, 0.2) is 0 Å². The number of carbonyl (C=O) groups is 1. The number of rotatable bonds is 4. The van der Waals surface area contributed by atoms with Crippen LogP contribution in [0.15, 0.2) is 0 Å². The molecule has 104 valence electrons. The zero-order valence-electron chi connectivity index (χ0n) is 11.4. The number of amides is 1. The van der Waals surface area contributed by atoms with Crippen molar-refractivity contribution in [2.45, 2.75) is 38.5 Å². The number of piperidine rings is 1. The normalized spacial score (nSPS) is 26.6. The zero-order chi connectivity index (χ0) is 12.6. The first kappa shape index (κ1) is 13.8. The maximum Gasteiger partial charge on any atom is 0.224 e. The minimum atomic E-state index is 0.197. The lowest BCUT2D eigenvalue weighted by atomic mass is 9.99. The van der Waals surface area contributed by atoms with Crippen LogP contribution in [0.1, 0.15) is 38.5 Å². The third-order valence-corrected chi connectivity index (χ3v) is 4.09. The lowest BCUT2D eigenvalue weighted by Gasteiger charge is -2.23. The van der Waals surface area contributed by atoms with Crippen LogP contribution in [0.4, 0.5) is 0 Å². The van der Waals surface area contributed by atoms with Crippen molar-refractivity contribution in [3.05, 3.63) is 0 Å². The molecule has 2 aliphatic rings. The molecule has 2 rings (SSSR count). The van der Waals surface area contributed by atoms with E-state index in [1.807, 2.05) is 0 Å². The van der Waals surface area contributed by atoms with Crippen LogP contribution in [0.3, 0.4) is 0 Å². The van der Waals surface area contributed by atoms with Gasteiger partial charge in [-0.2, -0.15) is 0 Å². The lowest BCUT2D eigenvalue weighted by Crippen LogP contribution is -2.43. The topological polar surface area (TPSA) is 44.4 Å². The first-order valence-corrected chi connectivity index (χ1v) is 7.57. The highest BCUT2D eigenvalue weighted by Gasteiger charge is 2.20. The quantitative estimate of drug-likeness (QED) is 0.785. The van der Waals surface area contributed by atoms with Gasteiger partial charge in [0.2, 0.25) is 5.91 Å². The van der Waals surface area contributed by atoms with E-state index in [-0.39, 0.29) is 11.8 Å². The smallest absolute Gasteiger partial charge is 0.224 e. The Labute approximate surface area is 110 Å². The number of carbonyl (C=O) groups excluding carboxylic acids is 1. The van der Waals surface area contributed by atoms with E-state index in [1.165, 1.54) is 38.8 Å². The van der Waals surface area contributed by atoms with Crippen molar-refractivity contribution in [3.8, 4) is 0 Å². The summed E-state index contributed by atoms with van der Waals surface area (Å²) in [4.78, 5) is 14.4. The average Bonchev–Trinajstić information content (AvgIpc) is 2.68. The van der Waals surface area contributed by atoms with Crippen LogP contribution in [0.5, 0.6) is 0 Å². The van der Waals surface area contributed by atoms with Crippen molar-refractivity contribution < 1.29 is 4.79 Å². The van der Waals surface area contributed by atoms with E-state index in [9.17, 15) is 4.79 Å². The predicted octanol–water partition coefficient (Wildman–Crippen LogP) is 0.978. The van der Waals surface area contributed by atoms with Gasteiger partial charge in [-0.3, -0.25) is 4.79 Å². The van der Waals surface area contributed by atoms with E-state index in [0.29, 0.717) is 0 Å². The first-order valence-electron chi connectivity index (χ1n) is 7.57. The fourth-order valence-corrected chi connectivity index (χ4v) is 2.92. The molecule has 0 aromatic rings. The molecule has 18 heavy (non-hydrogen) atoms. The number of hydrogen-bond donors (Lipinski definition) is 2. The van der Waals surface area contributed by atoms with Gasteiger partial charge in [-0.05, 0) is 45.3 Å². The molecule has 2 heterocycles. The van der Waals surface area contributed by atoms with Gasteiger partial charge in [-0.1, -0.05) is 12.8 Å². The second-order valence-electron chi connectivity index (χ2n) is 5.59. The van der Waals surface area contributed by atoms with Crippen molar-refractivity contribution in [1.82, 2.24) is 15.5 Å². The van der Waals surface area contributed by atoms with Gasteiger partial charge in [0.1, 0.15) is 0 Å². The number of nitrogens with one attached hydrogen (secondary N) is 2. The van der Waals surface area contributed by atoms with Crippen LogP contribution in [0.2, 0.25) is 0 Å².